The maximum atomic E-state index is 11.2. The molecule has 0 aliphatic carbocycles. The van der Waals surface area contributed by atoms with Crippen LogP contribution in [0.15, 0.2) is 48.7 Å². The highest BCUT2D eigenvalue weighted by atomic mass is 35.5. The average Bonchev–Trinajstić information content (AvgIpc) is 3.00. The van der Waals surface area contributed by atoms with Crippen molar-refractivity contribution in [1.82, 2.24) is 9.88 Å². The molecule has 4 rings (SSSR count). The highest BCUT2D eigenvalue weighted by Gasteiger charge is 2.28. The number of fused-ring (bicyclic) bond motifs is 1. The Morgan fingerprint density at radius 3 is 2.72 bits per heavy atom. The molecule has 0 unspecified atom stereocenters. The summed E-state index contributed by atoms with van der Waals surface area (Å²) >= 11 is 6.42. The molecule has 0 bridgehead atoms. The Morgan fingerprint density at radius 2 is 2.00 bits per heavy atom. The summed E-state index contributed by atoms with van der Waals surface area (Å²) in [7, 11) is 0. The van der Waals surface area contributed by atoms with Gasteiger partial charge in [-0.15, -0.1) is 0 Å². The van der Waals surface area contributed by atoms with Crippen molar-refractivity contribution in [2.24, 2.45) is 5.92 Å². The smallest absolute Gasteiger partial charge is 0.219 e. The van der Waals surface area contributed by atoms with Crippen LogP contribution in [0.1, 0.15) is 6.92 Å². The predicted octanol–water partition coefficient (Wildman–Crippen LogP) is 4.35. The standard InChI is InChI=1S/C20H19ClN2O2/c1-13(24)23-10-14(11-23)12-25-17-4-2-15(3-5-17)18-8-16-6-7-22-20(16)9-19(18)21/h2-9,14,22H,10-12H2,1H3. The van der Waals surface area contributed by atoms with Gasteiger partial charge in [0.25, 0.3) is 0 Å². The third kappa shape index (κ3) is 3.22. The monoisotopic (exact) mass is 354 g/mol. The highest BCUT2D eigenvalue weighted by Crippen LogP contribution is 2.32. The number of benzene rings is 2. The first-order valence-corrected chi connectivity index (χ1v) is 8.73. The third-order valence-corrected chi connectivity index (χ3v) is 5.01. The van der Waals surface area contributed by atoms with Crippen LogP contribution in [0.3, 0.4) is 0 Å². The number of rotatable bonds is 4. The van der Waals surface area contributed by atoms with E-state index >= 15 is 0 Å². The van der Waals surface area contributed by atoms with E-state index in [1.165, 1.54) is 0 Å². The van der Waals surface area contributed by atoms with Gasteiger partial charge in [-0.05, 0) is 35.9 Å². The number of aromatic amines is 1. The molecule has 2 heterocycles. The fourth-order valence-electron chi connectivity index (χ4n) is 3.17. The van der Waals surface area contributed by atoms with Gasteiger partial charge in [0.1, 0.15) is 5.75 Å². The summed E-state index contributed by atoms with van der Waals surface area (Å²) in [6, 6.07) is 14.1. The second-order valence-corrected chi connectivity index (χ2v) is 6.93. The number of H-pyrrole nitrogens is 1. The lowest BCUT2D eigenvalue weighted by atomic mass is 10.0. The molecule has 4 nitrogen and oxygen atoms in total. The number of carbonyl (C=O) groups is 1. The SMILES string of the molecule is CC(=O)N1CC(COc2ccc(-c3cc4cc[nH]c4cc3Cl)cc2)C1. The normalized spacial score (nSPS) is 14.6. The Kier molecular flexibility index (Phi) is 4.14. The quantitative estimate of drug-likeness (QED) is 0.757. The van der Waals surface area contributed by atoms with Crippen molar-refractivity contribution in [3.63, 3.8) is 0 Å². The zero-order valence-electron chi connectivity index (χ0n) is 14.0. The number of nitrogens with zero attached hydrogens (tertiary/aromatic N) is 1. The van der Waals surface area contributed by atoms with E-state index in [1.54, 1.807) is 6.92 Å². The van der Waals surface area contributed by atoms with Crippen LogP contribution in [0.4, 0.5) is 0 Å². The first kappa shape index (κ1) is 16.0. The Bertz CT molecular complexity index is 911. The number of hydrogen-bond donors (Lipinski definition) is 1. The van der Waals surface area contributed by atoms with Gasteiger partial charge in [0, 0.05) is 48.6 Å². The van der Waals surface area contributed by atoms with Crippen molar-refractivity contribution in [1.29, 1.82) is 0 Å². The molecule has 1 fully saturated rings. The lowest BCUT2D eigenvalue weighted by Gasteiger charge is -2.38. The second-order valence-electron chi connectivity index (χ2n) is 6.52. The maximum absolute atomic E-state index is 11.2. The summed E-state index contributed by atoms with van der Waals surface area (Å²) in [4.78, 5) is 16.2. The van der Waals surface area contributed by atoms with E-state index < -0.39 is 0 Å². The number of halogens is 1. The number of carbonyl (C=O) groups excluding carboxylic acids is 1. The van der Waals surface area contributed by atoms with E-state index in [2.05, 4.69) is 11.1 Å². The van der Waals surface area contributed by atoms with E-state index in [9.17, 15) is 4.79 Å². The molecule has 0 radical (unpaired) electrons. The van der Waals surface area contributed by atoms with Gasteiger partial charge in [0.15, 0.2) is 0 Å². The molecular formula is C20H19ClN2O2. The highest BCUT2D eigenvalue weighted by molar-refractivity contribution is 6.34. The average molecular weight is 355 g/mol. The Hall–Kier alpha value is -2.46. The van der Waals surface area contributed by atoms with Crippen LogP contribution < -0.4 is 4.74 Å². The Labute approximate surface area is 151 Å². The van der Waals surface area contributed by atoms with Crippen LogP contribution in [0.2, 0.25) is 5.02 Å². The summed E-state index contributed by atoms with van der Waals surface area (Å²) in [5.41, 5.74) is 3.11. The molecule has 1 aliphatic heterocycles. The van der Waals surface area contributed by atoms with Crippen molar-refractivity contribution in [3.05, 3.63) is 53.7 Å². The molecule has 1 amide bonds. The number of likely N-dealkylation sites (tertiary alicyclic amines) is 1. The molecule has 3 aromatic rings. The van der Waals surface area contributed by atoms with Gasteiger partial charge in [0.2, 0.25) is 5.91 Å². The number of nitrogens with one attached hydrogen (secondary N) is 1. The first-order valence-electron chi connectivity index (χ1n) is 8.35. The number of hydrogen-bond acceptors (Lipinski definition) is 2. The summed E-state index contributed by atoms with van der Waals surface area (Å²) in [5.74, 6) is 1.40. The first-order chi connectivity index (χ1) is 12.1. The Balaban J connectivity index is 1.43. The fourth-order valence-corrected chi connectivity index (χ4v) is 3.45. The predicted molar refractivity (Wildman–Crippen MR) is 100.0 cm³/mol. The van der Waals surface area contributed by atoms with E-state index in [-0.39, 0.29) is 5.91 Å². The molecule has 128 valence electrons. The Morgan fingerprint density at radius 1 is 1.24 bits per heavy atom. The summed E-state index contributed by atoms with van der Waals surface area (Å²) in [6.07, 6.45) is 1.91. The second kappa shape index (κ2) is 6.45. The molecule has 2 aromatic carbocycles. The van der Waals surface area contributed by atoms with E-state index in [0.29, 0.717) is 12.5 Å². The number of ether oxygens (including phenoxy) is 1. The molecule has 1 saturated heterocycles. The molecule has 0 atom stereocenters. The van der Waals surface area contributed by atoms with Crippen molar-refractivity contribution in [2.45, 2.75) is 6.92 Å². The zero-order chi connectivity index (χ0) is 17.4. The number of aromatic nitrogens is 1. The lowest BCUT2D eigenvalue weighted by Crippen LogP contribution is -2.51. The summed E-state index contributed by atoms with van der Waals surface area (Å²) in [6.45, 7) is 3.82. The van der Waals surface area contributed by atoms with Gasteiger partial charge >= 0.3 is 0 Å². The zero-order valence-corrected chi connectivity index (χ0v) is 14.7. The molecule has 1 aromatic heterocycles. The van der Waals surface area contributed by atoms with Gasteiger partial charge in [-0.2, -0.15) is 0 Å². The van der Waals surface area contributed by atoms with E-state index in [4.69, 9.17) is 16.3 Å². The van der Waals surface area contributed by atoms with Crippen molar-refractivity contribution in [3.8, 4) is 16.9 Å². The molecular weight excluding hydrogens is 336 g/mol. The van der Waals surface area contributed by atoms with Gasteiger partial charge in [-0.25, -0.2) is 0 Å². The minimum absolute atomic E-state index is 0.136. The van der Waals surface area contributed by atoms with Gasteiger partial charge in [-0.3, -0.25) is 4.79 Å². The van der Waals surface area contributed by atoms with Crippen LogP contribution in [-0.2, 0) is 4.79 Å². The minimum atomic E-state index is 0.136. The molecule has 1 aliphatic rings. The van der Waals surface area contributed by atoms with E-state index in [1.807, 2.05) is 47.5 Å². The van der Waals surface area contributed by atoms with Crippen LogP contribution in [-0.4, -0.2) is 35.5 Å². The van der Waals surface area contributed by atoms with Gasteiger partial charge in [-0.1, -0.05) is 23.7 Å². The van der Waals surface area contributed by atoms with Crippen molar-refractivity contribution >= 4 is 28.4 Å². The fraction of sp³-hybridized carbons (Fsp3) is 0.250. The van der Waals surface area contributed by atoms with Gasteiger partial charge < -0.3 is 14.6 Å². The molecule has 25 heavy (non-hydrogen) atoms. The lowest BCUT2D eigenvalue weighted by molar-refractivity contribution is -0.135. The number of amides is 1. The molecule has 0 spiro atoms. The van der Waals surface area contributed by atoms with Gasteiger partial charge in [0.05, 0.1) is 11.6 Å². The third-order valence-electron chi connectivity index (χ3n) is 4.69. The summed E-state index contributed by atoms with van der Waals surface area (Å²) < 4.78 is 5.84. The summed E-state index contributed by atoms with van der Waals surface area (Å²) in [5, 5.41) is 1.86. The topological polar surface area (TPSA) is 45.3 Å². The largest absolute Gasteiger partial charge is 0.493 e. The molecule has 1 N–H and O–H groups in total. The van der Waals surface area contributed by atoms with Crippen LogP contribution in [0, 0.1) is 5.92 Å². The minimum Gasteiger partial charge on any atom is -0.493 e. The maximum Gasteiger partial charge on any atom is 0.219 e. The van der Waals surface area contributed by atoms with Crippen LogP contribution in [0.25, 0.3) is 22.0 Å². The van der Waals surface area contributed by atoms with Crippen molar-refractivity contribution in [2.75, 3.05) is 19.7 Å². The molecule has 0 saturated carbocycles. The van der Waals surface area contributed by atoms with Crippen LogP contribution in [0.5, 0.6) is 5.75 Å². The van der Waals surface area contributed by atoms with Crippen LogP contribution >= 0.6 is 11.6 Å². The van der Waals surface area contributed by atoms with E-state index in [0.717, 1.165) is 45.9 Å². The molecule has 5 heteroatoms. The van der Waals surface area contributed by atoms with Crippen molar-refractivity contribution < 1.29 is 9.53 Å².